The second-order valence-corrected chi connectivity index (χ2v) is 7.81. The number of nitrogens with one attached hydrogen (secondary N) is 2. The van der Waals surface area contributed by atoms with Gasteiger partial charge >= 0.3 is 6.03 Å². The zero-order chi connectivity index (χ0) is 14.4. The smallest absolute Gasteiger partial charge is 0.320 e. The van der Waals surface area contributed by atoms with E-state index in [1.807, 2.05) is 0 Å². The van der Waals surface area contributed by atoms with Crippen molar-refractivity contribution in [2.24, 2.45) is 17.8 Å². The van der Waals surface area contributed by atoms with E-state index in [1.54, 1.807) is 12.4 Å². The summed E-state index contributed by atoms with van der Waals surface area (Å²) in [5, 5.41) is 6.06. The van der Waals surface area contributed by atoms with E-state index in [1.165, 1.54) is 19.3 Å². The number of carbonyl (C=O) groups excluding carboxylic acids is 1. The predicted octanol–water partition coefficient (Wildman–Crippen LogP) is 3.33. The van der Waals surface area contributed by atoms with Gasteiger partial charge in [-0.3, -0.25) is 5.32 Å². The summed E-state index contributed by atoms with van der Waals surface area (Å²) in [6.07, 6.45) is 10.7. The van der Waals surface area contributed by atoms with Crippen molar-refractivity contribution < 1.29 is 4.79 Å². The highest BCUT2D eigenvalue weighted by Gasteiger charge is 2.51. The Morgan fingerprint density at radius 3 is 2.24 bits per heavy atom. The van der Waals surface area contributed by atoms with Gasteiger partial charge in [0.2, 0.25) is 0 Å². The number of rotatable bonds is 2. The molecule has 2 amide bonds. The van der Waals surface area contributed by atoms with Gasteiger partial charge < -0.3 is 5.32 Å². The molecule has 5 nitrogen and oxygen atoms in total. The van der Waals surface area contributed by atoms with Gasteiger partial charge in [-0.1, -0.05) is 0 Å². The molecule has 4 aliphatic rings. The fourth-order valence-corrected chi connectivity index (χ4v) is 5.23. The van der Waals surface area contributed by atoms with Crippen LogP contribution in [0.3, 0.4) is 0 Å². The number of aromatic nitrogens is 2. The van der Waals surface area contributed by atoms with Crippen LogP contribution in [0.2, 0.25) is 0 Å². The lowest BCUT2D eigenvalue weighted by atomic mass is 9.53. The number of nitrogens with zero attached hydrogens (tertiary/aromatic N) is 2. The van der Waals surface area contributed by atoms with Crippen molar-refractivity contribution >= 4 is 27.8 Å². The molecule has 1 aromatic rings. The molecular formula is C15H19BrN4O. The van der Waals surface area contributed by atoms with Crippen LogP contribution in [0.25, 0.3) is 0 Å². The molecule has 0 unspecified atom stereocenters. The molecule has 112 valence electrons. The Hall–Kier alpha value is -1.17. The van der Waals surface area contributed by atoms with Crippen LogP contribution >= 0.6 is 15.9 Å². The number of urea groups is 1. The maximum atomic E-state index is 12.3. The SMILES string of the molecule is O=C(Nc1cnc(Br)cn1)NC12CC3CC(CC(C3)C1)C2. The molecule has 0 atom stereocenters. The predicted molar refractivity (Wildman–Crippen MR) is 82.8 cm³/mol. The first-order valence-corrected chi connectivity index (χ1v) is 8.46. The first-order chi connectivity index (χ1) is 10.1. The Morgan fingerprint density at radius 1 is 1.10 bits per heavy atom. The highest BCUT2D eigenvalue weighted by Crippen LogP contribution is 2.55. The number of anilines is 1. The van der Waals surface area contributed by atoms with Gasteiger partial charge in [0.25, 0.3) is 0 Å². The molecule has 1 aromatic heterocycles. The maximum Gasteiger partial charge on any atom is 0.320 e. The minimum atomic E-state index is -0.145. The van der Waals surface area contributed by atoms with E-state index in [9.17, 15) is 4.79 Å². The van der Waals surface area contributed by atoms with Crippen LogP contribution in [0, 0.1) is 17.8 Å². The van der Waals surface area contributed by atoms with E-state index in [4.69, 9.17) is 0 Å². The van der Waals surface area contributed by atoms with Crippen molar-refractivity contribution in [2.75, 3.05) is 5.32 Å². The van der Waals surface area contributed by atoms with Gasteiger partial charge in [-0.15, -0.1) is 0 Å². The summed E-state index contributed by atoms with van der Waals surface area (Å²) in [5.41, 5.74) is 0.0294. The summed E-state index contributed by atoms with van der Waals surface area (Å²) in [6.45, 7) is 0. The molecule has 0 aromatic carbocycles. The Labute approximate surface area is 132 Å². The lowest BCUT2D eigenvalue weighted by molar-refractivity contribution is -0.0127. The second kappa shape index (κ2) is 4.93. The number of hydrogen-bond acceptors (Lipinski definition) is 3. The minimum absolute atomic E-state index is 0.0294. The van der Waals surface area contributed by atoms with Gasteiger partial charge in [0.1, 0.15) is 4.60 Å². The highest BCUT2D eigenvalue weighted by molar-refractivity contribution is 9.10. The topological polar surface area (TPSA) is 66.9 Å². The standard InChI is InChI=1S/C15H19BrN4O/c16-12-7-18-13(8-17-12)19-14(21)20-15-4-9-1-10(5-15)3-11(2-9)6-15/h7-11H,1-6H2,(H2,18,19,20,21). The lowest BCUT2D eigenvalue weighted by Gasteiger charge is -2.56. The van der Waals surface area contributed by atoms with E-state index in [-0.39, 0.29) is 11.6 Å². The molecule has 4 bridgehead atoms. The normalized spacial score (nSPS) is 36.5. The second-order valence-electron chi connectivity index (χ2n) is 7.00. The molecule has 2 N–H and O–H groups in total. The quantitative estimate of drug-likeness (QED) is 0.859. The van der Waals surface area contributed by atoms with E-state index in [2.05, 4.69) is 36.5 Å². The fraction of sp³-hybridized carbons (Fsp3) is 0.667. The molecule has 0 spiro atoms. The highest BCUT2D eigenvalue weighted by atomic mass is 79.9. The molecule has 4 saturated carbocycles. The first kappa shape index (κ1) is 13.5. The third kappa shape index (κ3) is 2.65. The zero-order valence-corrected chi connectivity index (χ0v) is 13.4. The number of halogens is 1. The van der Waals surface area contributed by atoms with E-state index in [0.29, 0.717) is 10.4 Å². The Morgan fingerprint density at radius 2 is 1.71 bits per heavy atom. The van der Waals surface area contributed by atoms with Crippen molar-refractivity contribution in [3.05, 3.63) is 17.0 Å². The molecule has 5 rings (SSSR count). The van der Waals surface area contributed by atoms with E-state index < -0.39 is 0 Å². The molecular weight excluding hydrogens is 332 g/mol. The van der Waals surface area contributed by atoms with Crippen LogP contribution in [0.5, 0.6) is 0 Å². The van der Waals surface area contributed by atoms with Crippen LogP contribution in [-0.2, 0) is 0 Å². The maximum absolute atomic E-state index is 12.3. The summed E-state index contributed by atoms with van der Waals surface area (Å²) < 4.78 is 0.662. The van der Waals surface area contributed by atoms with Crippen LogP contribution in [0.1, 0.15) is 38.5 Å². The van der Waals surface area contributed by atoms with Gasteiger partial charge in [-0.2, -0.15) is 0 Å². The van der Waals surface area contributed by atoms with Crippen molar-refractivity contribution in [3.63, 3.8) is 0 Å². The van der Waals surface area contributed by atoms with Gasteiger partial charge in [-0.25, -0.2) is 14.8 Å². The van der Waals surface area contributed by atoms with Crippen LogP contribution in [0.4, 0.5) is 10.6 Å². The van der Waals surface area contributed by atoms with Crippen molar-refractivity contribution in [1.29, 1.82) is 0 Å². The fourth-order valence-electron chi connectivity index (χ4n) is 5.03. The third-order valence-corrected chi connectivity index (χ3v) is 5.69. The molecule has 21 heavy (non-hydrogen) atoms. The molecule has 6 heteroatoms. The number of amides is 2. The van der Waals surface area contributed by atoms with Crippen molar-refractivity contribution in [2.45, 2.75) is 44.1 Å². The third-order valence-electron chi connectivity index (χ3n) is 5.28. The Balaban J connectivity index is 1.43. The van der Waals surface area contributed by atoms with E-state index in [0.717, 1.165) is 37.0 Å². The lowest BCUT2D eigenvalue weighted by Crippen LogP contribution is -2.60. The summed E-state index contributed by atoms with van der Waals surface area (Å²) in [6, 6.07) is -0.145. The average Bonchev–Trinajstić information content (AvgIpc) is 2.39. The van der Waals surface area contributed by atoms with Crippen molar-refractivity contribution in [1.82, 2.24) is 15.3 Å². The average molecular weight is 351 g/mol. The molecule has 1 heterocycles. The van der Waals surface area contributed by atoms with Crippen molar-refractivity contribution in [3.8, 4) is 0 Å². The summed E-state index contributed by atoms with van der Waals surface area (Å²) in [4.78, 5) is 20.5. The van der Waals surface area contributed by atoms with Gasteiger partial charge in [0.05, 0.1) is 12.4 Å². The zero-order valence-electron chi connectivity index (χ0n) is 11.8. The largest absolute Gasteiger partial charge is 0.332 e. The summed E-state index contributed by atoms with van der Waals surface area (Å²) in [5.74, 6) is 2.96. The van der Waals surface area contributed by atoms with Crippen LogP contribution in [0.15, 0.2) is 17.0 Å². The van der Waals surface area contributed by atoms with Crippen LogP contribution < -0.4 is 10.6 Å². The van der Waals surface area contributed by atoms with Gasteiger partial charge in [0, 0.05) is 5.54 Å². The first-order valence-electron chi connectivity index (χ1n) is 7.67. The molecule has 0 aliphatic heterocycles. The van der Waals surface area contributed by atoms with E-state index >= 15 is 0 Å². The summed E-state index contributed by atoms with van der Waals surface area (Å²) >= 11 is 3.23. The Bertz CT molecular complexity index is 524. The molecule has 0 radical (unpaired) electrons. The molecule has 4 aliphatic carbocycles. The molecule has 0 saturated heterocycles. The monoisotopic (exact) mass is 350 g/mol. The summed E-state index contributed by atoms with van der Waals surface area (Å²) in [7, 11) is 0. The Kier molecular flexibility index (Phi) is 3.17. The van der Waals surface area contributed by atoms with Gasteiger partial charge in [0.15, 0.2) is 5.82 Å². The van der Waals surface area contributed by atoms with Crippen LogP contribution in [-0.4, -0.2) is 21.5 Å². The van der Waals surface area contributed by atoms with Gasteiger partial charge in [-0.05, 0) is 72.2 Å². The number of hydrogen-bond donors (Lipinski definition) is 2. The minimum Gasteiger partial charge on any atom is -0.332 e. The number of carbonyl (C=O) groups is 1. The molecule has 4 fully saturated rings.